The van der Waals surface area contributed by atoms with E-state index in [9.17, 15) is 9.59 Å². The number of hydrogen-bond acceptors (Lipinski definition) is 4. The summed E-state index contributed by atoms with van der Waals surface area (Å²) < 4.78 is 2.03. The first-order valence-electron chi connectivity index (χ1n) is 4.37. The van der Waals surface area contributed by atoms with E-state index in [-0.39, 0.29) is 5.91 Å². The van der Waals surface area contributed by atoms with Gasteiger partial charge in [-0.2, -0.15) is 0 Å². The van der Waals surface area contributed by atoms with Gasteiger partial charge >= 0.3 is 0 Å². The minimum atomic E-state index is -0.625. The molecule has 0 saturated carbocycles. The molecule has 1 heterocycles. The second-order valence-corrected chi connectivity index (χ2v) is 5.05. The summed E-state index contributed by atoms with van der Waals surface area (Å²) in [6.07, 6.45) is 1.86. The van der Waals surface area contributed by atoms with Crippen molar-refractivity contribution >= 4 is 42.1 Å². The minimum absolute atomic E-state index is 0.214. The highest BCUT2D eigenvalue weighted by molar-refractivity contribution is 14.2. The third kappa shape index (κ3) is 3.65. The van der Waals surface area contributed by atoms with Crippen LogP contribution < -0.4 is 11.1 Å². The molecule has 5 nitrogen and oxygen atoms in total. The maximum Gasteiger partial charge on any atom is 0.248 e. The lowest BCUT2D eigenvalue weighted by atomic mass is 10.2. The van der Waals surface area contributed by atoms with Gasteiger partial charge < -0.3 is 11.1 Å². The van der Waals surface area contributed by atoms with Crippen LogP contribution in [0, 0.1) is 0 Å². The zero-order chi connectivity index (χ0) is 11.4. The fourth-order valence-corrected chi connectivity index (χ4v) is 2.33. The highest BCUT2D eigenvalue weighted by Gasteiger charge is 2.21. The summed E-state index contributed by atoms with van der Waals surface area (Å²) in [5.41, 5.74) is 5.73. The van der Waals surface area contributed by atoms with E-state index in [0.29, 0.717) is 12.1 Å². The van der Waals surface area contributed by atoms with Crippen LogP contribution in [0.3, 0.4) is 0 Å². The molecule has 1 rings (SSSR count). The van der Waals surface area contributed by atoms with Gasteiger partial charge in [-0.15, -0.1) is 0 Å². The van der Waals surface area contributed by atoms with E-state index in [1.165, 1.54) is 0 Å². The van der Waals surface area contributed by atoms with Gasteiger partial charge in [-0.25, -0.2) is 4.31 Å². The number of amides is 2. The van der Waals surface area contributed by atoms with Crippen molar-refractivity contribution in [1.29, 1.82) is 0 Å². The van der Waals surface area contributed by atoms with Crippen LogP contribution in [0.1, 0.15) is 6.92 Å². The third-order valence-corrected chi connectivity index (χ3v) is 4.20. The summed E-state index contributed by atoms with van der Waals surface area (Å²) in [6, 6.07) is -0.625. The van der Waals surface area contributed by atoms with Crippen LogP contribution in [0.25, 0.3) is 0 Å². The van der Waals surface area contributed by atoms with Gasteiger partial charge in [0.25, 0.3) is 0 Å². The van der Waals surface area contributed by atoms with Crippen LogP contribution in [0.15, 0.2) is 11.6 Å². The number of hydrogen-bond donors (Lipinski definition) is 2. The summed E-state index contributed by atoms with van der Waals surface area (Å²) >= 11 is 2.16. The predicted molar refractivity (Wildman–Crippen MR) is 68.1 cm³/mol. The van der Waals surface area contributed by atoms with Gasteiger partial charge in [-0.1, -0.05) is 6.08 Å². The Morgan fingerprint density at radius 2 is 2.40 bits per heavy atom. The van der Waals surface area contributed by atoms with Gasteiger partial charge in [-0.05, 0) is 16.0 Å². The van der Waals surface area contributed by atoms with Crippen LogP contribution in [-0.2, 0) is 9.59 Å². The molecule has 1 atom stereocenters. The van der Waals surface area contributed by atoms with Crippen molar-refractivity contribution in [3.05, 3.63) is 11.6 Å². The second-order valence-electron chi connectivity index (χ2n) is 3.22. The minimum Gasteiger partial charge on any atom is -0.368 e. The molecule has 0 bridgehead atoms. The Bertz CT molecular complexity index is 308. The molecular formula is C8H12IN3O2S. The molecule has 0 aliphatic carbocycles. The lowest BCUT2D eigenvalue weighted by Gasteiger charge is -2.12. The Morgan fingerprint density at radius 3 is 2.87 bits per heavy atom. The smallest absolute Gasteiger partial charge is 0.248 e. The van der Waals surface area contributed by atoms with E-state index in [2.05, 4.69) is 26.5 Å². The van der Waals surface area contributed by atoms with Crippen molar-refractivity contribution in [2.45, 2.75) is 13.0 Å². The molecule has 0 spiro atoms. The van der Waals surface area contributed by atoms with Crippen LogP contribution in [-0.4, -0.2) is 35.3 Å². The van der Waals surface area contributed by atoms with E-state index in [0.717, 1.165) is 6.54 Å². The van der Waals surface area contributed by atoms with E-state index in [4.69, 9.17) is 5.73 Å². The van der Waals surface area contributed by atoms with E-state index >= 15 is 0 Å². The molecule has 7 heteroatoms. The molecule has 1 unspecified atom stereocenters. The summed E-state index contributed by atoms with van der Waals surface area (Å²) in [4.78, 5) is 22.3. The fourth-order valence-electron chi connectivity index (χ4n) is 1.11. The summed E-state index contributed by atoms with van der Waals surface area (Å²) in [7, 11) is 1.56. The Labute approximate surface area is 105 Å². The van der Waals surface area contributed by atoms with E-state index in [1.807, 2.05) is 10.4 Å². The zero-order valence-electron chi connectivity index (χ0n) is 8.20. The van der Waals surface area contributed by atoms with Crippen LogP contribution in [0.2, 0.25) is 0 Å². The summed E-state index contributed by atoms with van der Waals surface area (Å²) in [5.74, 6) is -0.740. The van der Waals surface area contributed by atoms with E-state index in [1.54, 1.807) is 16.0 Å². The lowest BCUT2D eigenvalue weighted by Crippen LogP contribution is -2.43. The molecule has 0 aromatic rings. The normalized spacial score (nSPS) is 18.4. The molecule has 0 fully saturated rings. The Kier molecular flexibility index (Phi) is 4.87. The largest absolute Gasteiger partial charge is 0.368 e. The number of rotatable bonds is 4. The van der Waals surface area contributed by atoms with Crippen molar-refractivity contribution < 1.29 is 9.59 Å². The Hall–Kier alpha value is -0.280. The van der Waals surface area contributed by atoms with Gasteiger partial charge in [0.15, 0.2) is 0 Å². The number of carbonyl (C=O) groups excluding carboxylic acids is 2. The van der Waals surface area contributed by atoms with Gasteiger partial charge in [0.1, 0.15) is 6.04 Å². The number of nitrogens with one attached hydrogen (secondary N) is 1. The number of halogens is 1. The van der Waals surface area contributed by atoms with Crippen molar-refractivity contribution in [3.8, 4) is 0 Å². The first-order chi connectivity index (χ1) is 7.04. The SMILES string of the molecule is CC(NC(=O)C1=CCN(SI)C1)C(N)=O. The topological polar surface area (TPSA) is 75.4 Å². The molecule has 3 N–H and O–H groups in total. The number of carbonyl (C=O) groups is 2. The highest BCUT2D eigenvalue weighted by Crippen LogP contribution is 2.23. The monoisotopic (exact) mass is 341 g/mol. The van der Waals surface area contributed by atoms with Gasteiger partial charge in [0, 0.05) is 39.9 Å². The maximum atomic E-state index is 11.6. The second kappa shape index (κ2) is 5.71. The maximum absolute atomic E-state index is 11.6. The highest BCUT2D eigenvalue weighted by atomic mass is 127. The molecule has 0 radical (unpaired) electrons. The van der Waals surface area contributed by atoms with Crippen molar-refractivity contribution in [1.82, 2.24) is 9.62 Å². The lowest BCUT2D eigenvalue weighted by molar-refractivity contribution is -0.125. The number of nitrogens with two attached hydrogens (primary N) is 1. The number of nitrogens with zero attached hydrogens (tertiary/aromatic N) is 1. The molecular weight excluding hydrogens is 329 g/mol. The van der Waals surface area contributed by atoms with Crippen LogP contribution in [0.5, 0.6) is 0 Å². The first kappa shape index (κ1) is 12.8. The average molecular weight is 341 g/mol. The van der Waals surface area contributed by atoms with Crippen molar-refractivity contribution in [2.24, 2.45) is 5.73 Å². The zero-order valence-corrected chi connectivity index (χ0v) is 11.2. The first-order valence-corrected chi connectivity index (χ1v) is 7.69. The molecule has 15 heavy (non-hydrogen) atoms. The van der Waals surface area contributed by atoms with Gasteiger partial charge in [-0.3, -0.25) is 9.59 Å². The fraction of sp³-hybridized carbons (Fsp3) is 0.500. The van der Waals surface area contributed by atoms with Gasteiger partial charge in [0.2, 0.25) is 11.8 Å². The van der Waals surface area contributed by atoms with Crippen molar-refractivity contribution in [3.63, 3.8) is 0 Å². The number of primary amides is 1. The summed E-state index contributed by atoms with van der Waals surface area (Å²) in [6.45, 7) is 2.92. The third-order valence-electron chi connectivity index (χ3n) is 2.05. The summed E-state index contributed by atoms with van der Waals surface area (Å²) in [5, 5.41) is 2.55. The predicted octanol–water partition coefficient (Wildman–Crippen LogP) is 0.217. The molecule has 84 valence electrons. The van der Waals surface area contributed by atoms with Gasteiger partial charge in [0.05, 0.1) is 0 Å². The molecule has 0 aromatic heterocycles. The molecule has 2 amide bonds. The Morgan fingerprint density at radius 1 is 1.73 bits per heavy atom. The molecule has 1 aliphatic rings. The standard InChI is InChI=1S/C8H12IN3O2S/c1-5(7(10)13)11-8(14)6-2-3-12(4-6)15-9/h2,5H,3-4H2,1H3,(H2,10,13)(H,11,14). The van der Waals surface area contributed by atoms with Crippen LogP contribution in [0.4, 0.5) is 0 Å². The van der Waals surface area contributed by atoms with E-state index < -0.39 is 11.9 Å². The average Bonchev–Trinajstić information content (AvgIpc) is 2.65. The molecule has 1 aliphatic heterocycles. The molecule has 0 saturated heterocycles. The Balaban J connectivity index is 2.46. The van der Waals surface area contributed by atoms with Crippen LogP contribution >= 0.6 is 30.3 Å². The molecule has 0 aromatic carbocycles. The van der Waals surface area contributed by atoms with Crippen molar-refractivity contribution in [2.75, 3.05) is 13.1 Å². The quantitative estimate of drug-likeness (QED) is 0.567.